The first-order valence-electron chi connectivity index (χ1n) is 5.41. The van der Waals surface area contributed by atoms with Gasteiger partial charge in [0.05, 0.1) is 12.2 Å². The van der Waals surface area contributed by atoms with E-state index in [1.54, 1.807) is 0 Å². The van der Waals surface area contributed by atoms with E-state index in [9.17, 15) is 13.6 Å². The number of rotatable bonds is 3. The van der Waals surface area contributed by atoms with Gasteiger partial charge in [-0.25, -0.2) is 13.8 Å². The van der Waals surface area contributed by atoms with Crippen LogP contribution in [0.5, 0.6) is 0 Å². The van der Waals surface area contributed by atoms with E-state index in [-0.39, 0.29) is 12.2 Å². The Labute approximate surface area is 112 Å². The van der Waals surface area contributed by atoms with Crippen molar-refractivity contribution in [2.45, 2.75) is 13.5 Å². The third kappa shape index (κ3) is 2.87. The number of carbonyl (C=O) groups excluding carboxylic acids is 1. The van der Waals surface area contributed by atoms with Gasteiger partial charge in [-0.2, -0.15) is 0 Å². The summed E-state index contributed by atoms with van der Waals surface area (Å²) in [4.78, 5) is 15.9. The third-order valence-corrected chi connectivity index (χ3v) is 3.38. The largest absolute Gasteiger partial charge is 0.396 e. The molecule has 0 bridgehead atoms. The van der Waals surface area contributed by atoms with E-state index in [1.165, 1.54) is 11.3 Å². The molecule has 0 unspecified atom stereocenters. The first-order valence-corrected chi connectivity index (χ1v) is 6.29. The van der Waals surface area contributed by atoms with Gasteiger partial charge >= 0.3 is 0 Å². The zero-order valence-corrected chi connectivity index (χ0v) is 10.9. The van der Waals surface area contributed by atoms with Crippen molar-refractivity contribution in [1.29, 1.82) is 0 Å². The van der Waals surface area contributed by atoms with Crippen LogP contribution in [0.4, 0.5) is 14.5 Å². The Hall–Kier alpha value is -2.02. The minimum absolute atomic E-state index is 0.116. The molecule has 7 heteroatoms. The van der Waals surface area contributed by atoms with Crippen LogP contribution in [0, 0.1) is 18.6 Å². The molecular weight excluding hydrogens is 272 g/mol. The molecule has 3 N–H and O–H groups in total. The van der Waals surface area contributed by atoms with Gasteiger partial charge in [-0.05, 0) is 19.1 Å². The molecule has 0 atom stereocenters. The van der Waals surface area contributed by atoms with Gasteiger partial charge in [0, 0.05) is 11.1 Å². The highest BCUT2D eigenvalue weighted by molar-refractivity contribution is 7.09. The molecule has 0 fully saturated rings. The van der Waals surface area contributed by atoms with Crippen molar-refractivity contribution in [2.75, 3.05) is 5.73 Å². The standard InChI is InChI=1S/C12H11F2N3OS/c1-6-5-19-9(17-6)4-16-12(18)10-7(13)2-3-8(15)11(10)14/h2-3,5H,4,15H2,1H3,(H,16,18). The third-order valence-electron chi connectivity index (χ3n) is 2.41. The van der Waals surface area contributed by atoms with Gasteiger partial charge in [0.15, 0.2) is 5.82 Å². The number of nitrogen functional groups attached to an aromatic ring is 1. The topological polar surface area (TPSA) is 68.0 Å². The number of nitrogens with two attached hydrogens (primary N) is 1. The molecule has 100 valence electrons. The molecule has 1 heterocycles. The van der Waals surface area contributed by atoms with Crippen molar-refractivity contribution in [3.05, 3.63) is 45.4 Å². The molecule has 2 rings (SSSR count). The molecule has 0 saturated carbocycles. The average Bonchev–Trinajstić information content (AvgIpc) is 2.78. The van der Waals surface area contributed by atoms with E-state index in [0.29, 0.717) is 5.01 Å². The van der Waals surface area contributed by atoms with Gasteiger partial charge in [0.1, 0.15) is 16.4 Å². The summed E-state index contributed by atoms with van der Waals surface area (Å²) in [6.45, 7) is 1.93. The Morgan fingerprint density at radius 1 is 1.47 bits per heavy atom. The Morgan fingerprint density at radius 2 is 2.21 bits per heavy atom. The molecule has 19 heavy (non-hydrogen) atoms. The lowest BCUT2D eigenvalue weighted by Gasteiger charge is -2.07. The number of anilines is 1. The van der Waals surface area contributed by atoms with E-state index >= 15 is 0 Å². The molecule has 1 aromatic heterocycles. The second kappa shape index (κ2) is 5.31. The number of hydrogen-bond acceptors (Lipinski definition) is 4. The summed E-state index contributed by atoms with van der Waals surface area (Å²) in [5.41, 5.74) is 5.20. The number of aryl methyl sites for hydroxylation is 1. The maximum atomic E-state index is 13.6. The van der Waals surface area contributed by atoms with Crippen LogP contribution in [0.2, 0.25) is 0 Å². The maximum Gasteiger partial charge on any atom is 0.257 e. The fourth-order valence-electron chi connectivity index (χ4n) is 1.50. The van der Waals surface area contributed by atoms with Crippen molar-refractivity contribution < 1.29 is 13.6 Å². The zero-order chi connectivity index (χ0) is 14.0. The van der Waals surface area contributed by atoms with Gasteiger partial charge in [-0.3, -0.25) is 4.79 Å². The first kappa shape index (κ1) is 13.4. The molecule has 0 aliphatic heterocycles. The summed E-state index contributed by atoms with van der Waals surface area (Å²) in [5, 5.41) is 4.90. The number of halogens is 2. The van der Waals surface area contributed by atoms with Gasteiger partial charge < -0.3 is 11.1 Å². The molecule has 1 amide bonds. The monoisotopic (exact) mass is 283 g/mol. The van der Waals surface area contributed by atoms with Gasteiger partial charge in [-0.1, -0.05) is 0 Å². The summed E-state index contributed by atoms with van der Waals surface area (Å²) in [5.74, 6) is -2.84. The molecule has 0 aliphatic rings. The van der Waals surface area contributed by atoms with Crippen molar-refractivity contribution in [3.8, 4) is 0 Å². The molecule has 0 saturated heterocycles. The maximum absolute atomic E-state index is 13.6. The number of carbonyl (C=O) groups is 1. The Balaban J connectivity index is 2.14. The second-order valence-corrected chi connectivity index (χ2v) is 4.83. The van der Waals surface area contributed by atoms with Crippen molar-refractivity contribution >= 4 is 22.9 Å². The van der Waals surface area contributed by atoms with E-state index < -0.39 is 23.1 Å². The highest BCUT2D eigenvalue weighted by atomic mass is 32.1. The number of amides is 1. The Kier molecular flexibility index (Phi) is 3.75. The SMILES string of the molecule is Cc1csc(CNC(=O)c2c(F)ccc(N)c2F)n1. The second-order valence-electron chi connectivity index (χ2n) is 3.89. The molecule has 0 radical (unpaired) electrons. The quantitative estimate of drug-likeness (QED) is 0.849. The van der Waals surface area contributed by atoms with E-state index in [2.05, 4.69) is 10.3 Å². The lowest BCUT2D eigenvalue weighted by Crippen LogP contribution is -2.25. The van der Waals surface area contributed by atoms with E-state index in [1.807, 2.05) is 12.3 Å². The summed E-state index contributed by atoms with van der Waals surface area (Å²) >= 11 is 1.36. The van der Waals surface area contributed by atoms with Gasteiger partial charge in [-0.15, -0.1) is 11.3 Å². The number of thiazole rings is 1. The van der Waals surface area contributed by atoms with Crippen LogP contribution < -0.4 is 11.1 Å². The smallest absolute Gasteiger partial charge is 0.257 e. The van der Waals surface area contributed by atoms with Crippen molar-refractivity contribution in [1.82, 2.24) is 10.3 Å². The van der Waals surface area contributed by atoms with Gasteiger partial charge in [0.2, 0.25) is 0 Å². The van der Waals surface area contributed by atoms with Crippen LogP contribution in [0.3, 0.4) is 0 Å². The van der Waals surface area contributed by atoms with Crippen molar-refractivity contribution in [3.63, 3.8) is 0 Å². The van der Waals surface area contributed by atoms with E-state index in [4.69, 9.17) is 5.73 Å². The van der Waals surface area contributed by atoms with Crippen LogP contribution in [0.1, 0.15) is 21.1 Å². The van der Waals surface area contributed by atoms with Crippen LogP contribution >= 0.6 is 11.3 Å². The predicted molar refractivity (Wildman–Crippen MR) is 68.8 cm³/mol. The summed E-state index contributed by atoms with van der Waals surface area (Å²) in [6, 6.07) is 2.03. The van der Waals surface area contributed by atoms with Crippen molar-refractivity contribution in [2.24, 2.45) is 0 Å². The predicted octanol–water partition coefficient (Wildman–Crippen LogP) is 2.24. The number of nitrogens with zero attached hydrogens (tertiary/aromatic N) is 1. The first-order chi connectivity index (χ1) is 8.99. The molecule has 0 aliphatic carbocycles. The minimum Gasteiger partial charge on any atom is -0.396 e. The molecule has 2 aromatic rings. The average molecular weight is 283 g/mol. The van der Waals surface area contributed by atoms with E-state index in [0.717, 1.165) is 17.8 Å². The Morgan fingerprint density at radius 3 is 2.84 bits per heavy atom. The minimum atomic E-state index is -1.05. The van der Waals surface area contributed by atoms with Crippen LogP contribution in [0.15, 0.2) is 17.5 Å². The summed E-state index contributed by atoms with van der Waals surface area (Å²) in [7, 11) is 0. The fraction of sp³-hybridized carbons (Fsp3) is 0.167. The molecule has 4 nitrogen and oxygen atoms in total. The van der Waals surface area contributed by atoms with Crippen LogP contribution in [-0.2, 0) is 6.54 Å². The molecule has 1 aromatic carbocycles. The number of hydrogen-bond donors (Lipinski definition) is 2. The number of nitrogens with one attached hydrogen (secondary N) is 1. The van der Waals surface area contributed by atoms with Crippen LogP contribution in [-0.4, -0.2) is 10.9 Å². The van der Waals surface area contributed by atoms with Crippen LogP contribution in [0.25, 0.3) is 0 Å². The zero-order valence-electron chi connectivity index (χ0n) is 10.0. The highest BCUT2D eigenvalue weighted by Crippen LogP contribution is 2.18. The van der Waals surface area contributed by atoms with Gasteiger partial charge in [0.25, 0.3) is 5.91 Å². The number of benzene rings is 1. The summed E-state index contributed by atoms with van der Waals surface area (Å²) in [6.07, 6.45) is 0. The molecular formula is C12H11F2N3OS. The Bertz CT molecular complexity index is 627. The normalized spacial score (nSPS) is 10.5. The lowest BCUT2D eigenvalue weighted by atomic mass is 10.1. The molecule has 0 spiro atoms. The number of aromatic nitrogens is 1. The fourth-order valence-corrected chi connectivity index (χ4v) is 2.22. The highest BCUT2D eigenvalue weighted by Gasteiger charge is 2.19. The summed E-state index contributed by atoms with van der Waals surface area (Å²) < 4.78 is 27.0. The lowest BCUT2D eigenvalue weighted by molar-refractivity contribution is 0.0942.